The molecule has 0 radical (unpaired) electrons. The largest absolute Gasteiger partial charge is 0.508 e. The van der Waals surface area contributed by atoms with Gasteiger partial charge in [-0.15, -0.1) is 0 Å². The molecule has 0 saturated heterocycles. The number of hydrogen-bond donors (Lipinski definition) is 3. The fourth-order valence-corrected chi connectivity index (χ4v) is 2.32. The van der Waals surface area contributed by atoms with Crippen molar-refractivity contribution in [2.75, 3.05) is 20.6 Å². The Labute approximate surface area is 125 Å². The van der Waals surface area contributed by atoms with E-state index in [1.54, 1.807) is 12.1 Å². The van der Waals surface area contributed by atoms with Crippen molar-refractivity contribution in [1.29, 1.82) is 0 Å². The van der Waals surface area contributed by atoms with Crippen LogP contribution in [0.5, 0.6) is 11.5 Å². The molecule has 4 heteroatoms. The van der Waals surface area contributed by atoms with Gasteiger partial charge >= 0.3 is 0 Å². The molecule has 0 saturated carbocycles. The zero-order valence-corrected chi connectivity index (χ0v) is 12.5. The van der Waals surface area contributed by atoms with Crippen LogP contribution in [0.4, 0.5) is 0 Å². The van der Waals surface area contributed by atoms with Crippen molar-refractivity contribution in [1.82, 2.24) is 10.2 Å². The molecule has 1 unspecified atom stereocenters. The number of aromatic hydroxyl groups is 2. The van der Waals surface area contributed by atoms with Crippen molar-refractivity contribution in [3.05, 3.63) is 59.7 Å². The minimum atomic E-state index is 0.0757. The first-order valence-corrected chi connectivity index (χ1v) is 7.01. The van der Waals surface area contributed by atoms with Crippen LogP contribution in [0.25, 0.3) is 0 Å². The van der Waals surface area contributed by atoms with Crippen LogP contribution in [-0.2, 0) is 6.54 Å². The van der Waals surface area contributed by atoms with Gasteiger partial charge in [0.2, 0.25) is 0 Å². The van der Waals surface area contributed by atoms with Crippen molar-refractivity contribution in [3.8, 4) is 11.5 Å². The minimum Gasteiger partial charge on any atom is -0.508 e. The molecule has 112 valence electrons. The van der Waals surface area contributed by atoms with E-state index in [0.717, 1.165) is 12.1 Å². The molecule has 21 heavy (non-hydrogen) atoms. The molecule has 1 atom stereocenters. The molecule has 0 bridgehead atoms. The predicted molar refractivity (Wildman–Crippen MR) is 84.3 cm³/mol. The molecule has 0 aliphatic rings. The maximum atomic E-state index is 9.77. The van der Waals surface area contributed by atoms with Crippen molar-refractivity contribution in [3.63, 3.8) is 0 Å². The van der Waals surface area contributed by atoms with Crippen molar-refractivity contribution < 1.29 is 10.2 Å². The van der Waals surface area contributed by atoms with Gasteiger partial charge in [-0.3, -0.25) is 0 Å². The Morgan fingerprint density at radius 1 is 1.05 bits per heavy atom. The van der Waals surface area contributed by atoms with E-state index < -0.39 is 0 Å². The summed E-state index contributed by atoms with van der Waals surface area (Å²) >= 11 is 0. The van der Waals surface area contributed by atoms with E-state index in [0.29, 0.717) is 6.54 Å². The molecule has 0 spiro atoms. The average molecular weight is 286 g/mol. The van der Waals surface area contributed by atoms with Gasteiger partial charge in [-0.2, -0.15) is 0 Å². The SMILES string of the molecule is CN(C)C(CNCc1ccc(O)cc1O)c1ccccc1. The van der Waals surface area contributed by atoms with Gasteiger partial charge < -0.3 is 20.4 Å². The number of benzene rings is 2. The van der Waals surface area contributed by atoms with E-state index in [1.807, 2.05) is 18.2 Å². The first kappa shape index (κ1) is 15.4. The Balaban J connectivity index is 1.97. The summed E-state index contributed by atoms with van der Waals surface area (Å²) in [6.45, 7) is 1.33. The van der Waals surface area contributed by atoms with Crippen LogP contribution in [0, 0.1) is 0 Å². The Morgan fingerprint density at radius 2 is 1.76 bits per heavy atom. The molecule has 0 heterocycles. The maximum Gasteiger partial charge on any atom is 0.123 e. The van der Waals surface area contributed by atoms with E-state index in [4.69, 9.17) is 0 Å². The van der Waals surface area contributed by atoms with Crippen molar-refractivity contribution in [2.24, 2.45) is 0 Å². The van der Waals surface area contributed by atoms with Gasteiger partial charge in [0.1, 0.15) is 11.5 Å². The normalized spacial score (nSPS) is 12.5. The lowest BCUT2D eigenvalue weighted by Gasteiger charge is -2.25. The molecule has 0 aliphatic heterocycles. The fraction of sp³-hybridized carbons (Fsp3) is 0.294. The van der Waals surface area contributed by atoms with Crippen LogP contribution in [0.3, 0.4) is 0 Å². The summed E-state index contributed by atoms with van der Waals surface area (Å²) in [6, 6.07) is 15.3. The Morgan fingerprint density at radius 3 is 2.38 bits per heavy atom. The number of hydrogen-bond acceptors (Lipinski definition) is 4. The standard InChI is InChI=1S/C17H22N2O2/c1-19(2)16(13-6-4-3-5-7-13)12-18-11-14-8-9-15(20)10-17(14)21/h3-10,16,18,20-21H,11-12H2,1-2H3. The highest BCUT2D eigenvalue weighted by molar-refractivity contribution is 5.38. The average Bonchev–Trinajstić information content (AvgIpc) is 2.46. The first-order chi connectivity index (χ1) is 10.1. The van der Waals surface area contributed by atoms with Crippen LogP contribution in [0.15, 0.2) is 48.5 Å². The highest BCUT2D eigenvalue weighted by atomic mass is 16.3. The third-order valence-corrected chi connectivity index (χ3v) is 3.53. The first-order valence-electron chi connectivity index (χ1n) is 7.01. The van der Waals surface area contributed by atoms with E-state index in [-0.39, 0.29) is 17.5 Å². The summed E-state index contributed by atoms with van der Waals surface area (Å²) in [6.07, 6.45) is 0. The van der Waals surface area contributed by atoms with Gasteiger partial charge in [0, 0.05) is 30.8 Å². The van der Waals surface area contributed by atoms with Gasteiger partial charge in [0.05, 0.1) is 0 Å². The zero-order chi connectivity index (χ0) is 15.2. The number of nitrogens with one attached hydrogen (secondary N) is 1. The Hall–Kier alpha value is -2.04. The summed E-state index contributed by atoms with van der Waals surface area (Å²) in [5.41, 5.74) is 2.03. The molecule has 3 N–H and O–H groups in total. The van der Waals surface area contributed by atoms with Crippen LogP contribution in [0.1, 0.15) is 17.2 Å². The highest BCUT2D eigenvalue weighted by Gasteiger charge is 2.13. The highest BCUT2D eigenvalue weighted by Crippen LogP contribution is 2.23. The lowest BCUT2D eigenvalue weighted by molar-refractivity contribution is 0.288. The lowest BCUT2D eigenvalue weighted by Crippen LogP contribution is -2.30. The second-order valence-corrected chi connectivity index (χ2v) is 5.33. The monoisotopic (exact) mass is 286 g/mol. The Kier molecular flexibility index (Phi) is 5.20. The van der Waals surface area contributed by atoms with Gasteiger partial charge in [0.25, 0.3) is 0 Å². The van der Waals surface area contributed by atoms with Crippen LogP contribution in [0.2, 0.25) is 0 Å². The molecule has 4 nitrogen and oxygen atoms in total. The second-order valence-electron chi connectivity index (χ2n) is 5.33. The van der Waals surface area contributed by atoms with Gasteiger partial charge in [-0.25, -0.2) is 0 Å². The number of rotatable bonds is 6. The summed E-state index contributed by atoms with van der Waals surface area (Å²) in [5, 5.41) is 22.4. The predicted octanol–water partition coefficient (Wildman–Crippen LogP) is 2.49. The van der Waals surface area contributed by atoms with Crippen LogP contribution >= 0.6 is 0 Å². The third kappa shape index (κ3) is 4.21. The van der Waals surface area contributed by atoms with E-state index in [2.05, 4.69) is 36.4 Å². The van der Waals surface area contributed by atoms with E-state index in [9.17, 15) is 10.2 Å². The lowest BCUT2D eigenvalue weighted by atomic mass is 10.1. The number of phenols is 2. The van der Waals surface area contributed by atoms with Crippen LogP contribution in [-0.4, -0.2) is 35.8 Å². The molecular weight excluding hydrogens is 264 g/mol. The molecule has 0 aromatic heterocycles. The molecule has 2 aromatic carbocycles. The molecule has 2 rings (SSSR count). The zero-order valence-electron chi connectivity index (χ0n) is 12.5. The summed E-state index contributed by atoms with van der Waals surface area (Å²) in [7, 11) is 4.11. The molecule has 0 aliphatic carbocycles. The van der Waals surface area contributed by atoms with Gasteiger partial charge in [-0.05, 0) is 25.7 Å². The number of nitrogens with zero attached hydrogens (tertiary/aromatic N) is 1. The van der Waals surface area contributed by atoms with Gasteiger partial charge in [0.15, 0.2) is 0 Å². The second kappa shape index (κ2) is 7.11. The quantitative estimate of drug-likeness (QED) is 0.763. The van der Waals surface area contributed by atoms with Gasteiger partial charge in [-0.1, -0.05) is 36.4 Å². The van der Waals surface area contributed by atoms with E-state index >= 15 is 0 Å². The van der Waals surface area contributed by atoms with Crippen molar-refractivity contribution in [2.45, 2.75) is 12.6 Å². The summed E-state index contributed by atoms with van der Waals surface area (Å²) in [5.74, 6) is 0.190. The number of phenolic OH excluding ortho intramolecular Hbond substituents is 2. The van der Waals surface area contributed by atoms with Crippen LogP contribution < -0.4 is 5.32 Å². The molecule has 0 fully saturated rings. The third-order valence-electron chi connectivity index (χ3n) is 3.53. The topological polar surface area (TPSA) is 55.7 Å². The summed E-state index contributed by atoms with van der Waals surface area (Å²) < 4.78 is 0. The Bertz CT molecular complexity index is 570. The van der Waals surface area contributed by atoms with Crippen molar-refractivity contribution >= 4 is 0 Å². The smallest absolute Gasteiger partial charge is 0.123 e. The molecular formula is C17H22N2O2. The number of likely N-dealkylation sites (N-methyl/N-ethyl adjacent to an activating group) is 1. The fourth-order valence-electron chi connectivity index (χ4n) is 2.32. The minimum absolute atomic E-state index is 0.0757. The van der Waals surface area contributed by atoms with E-state index in [1.165, 1.54) is 11.6 Å². The summed E-state index contributed by atoms with van der Waals surface area (Å²) in [4.78, 5) is 2.17. The molecule has 2 aromatic rings. The maximum absolute atomic E-state index is 9.77. The molecule has 0 amide bonds.